The Morgan fingerprint density at radius 2 is 1.78 bits per heavy atom. The van der Waals surface area contributed by atoms with Crippen molar-refractivity contribution in [1.82, 2.24) is 14.8 Å². The minimum atomic E-state index is -4.87. The van der Waals surface area contributed by atoms with Gasteiger partial charge in [-0.25, -0.2) is 26.4 Å². The Balaban J connectivity index is 1.97. The topological polar surface area (TPSA) is 94.4 Å². The van der Waals surface area contributed by atoms with Crippen LogP contribution in [-0.4, -0.2) is 35.9 Å². The molecule has 0 fully saturated rings. The number of benzene rings is 2. The van der Waals surface area contributed by atoms with E-state index < -0.39 is 49.7 Å². The number of aromatic nitrogens is 3. The van der Waals surface area contributed by atoms with Crippen LogP contribution < -0.4 is 4.31 Å². The molecule has 192 valence electrons. The van der Waals surface area contributed by atoms with Gasteiger partial charge in [0.1, 0.15) is 23.0 Å². The van der Waals surface area contributed by atoms with Crippen LogP contribution in [0.5, 0.6) is 0 Å². The monoisotopic (exact) mass is 530 g/mol. The first-order chi connectivity index (χ1) is 17.7. The highest BCUT2D eigenvalue weighted by Crippen LogP contribution is 2.39. The molecule has 0 unspecified atom stereocenters. The third kappa shape index (κ3) is 4.92. The summed E-state index contributed by atoms with van der Waals surface area (Å²) in [6, 6.07) is 8.71. The minimum Gasteiger partial charge on any atom is -0.449 e. The number of carbonyl (C=O) groups is 1. The zero-order chi connectivity index (χ0) is 26.7. The smallest absolute Gasteiger partial charge is 0.428 e. The summed E-state index contributed by atoms with van der Waals surface area (Å²) in [5.41, 5.74) is -0.665. The maximum atomic E-state index is 16.1. The molecule has 0 saturated heterocycles. The number of aryl methyl sites for hydroxylation is 1. The van der Waals surface area contributed by atoms with Gasteiger partial charge in [-0.05, 0) is 61.9 Å². The SMILES string of the molecule is CCOC(=O)N(c1ccc(F)c(-c2nn(CC)cc2-c2ccncc2)c1F)S(=O)(=O)c1cccc(F)c1. The van der Waals surface area contributed by atoms with Crippen LogP contribution in [0.4, 0.5) is 23.7 Å². The van der Waals surface area contributed by atoms with Crippen LogP contribution in [0.1, 0.15) is 13.8 Å². The van der Waals surface area contributed by atoms with Crippen molar-refractivity contribution in [2.24, 2.45) is 0 Å². The molecule has 12 heteroatoms. The number of nitrogens with zero attached hydrogens (tertiary/aromatic N) is 4. The summed E-state index contributed by atoms with van der Waals surface area (Å²) < 4.78 is 78.3. The molecule has 0 bridgehead atoms. The minimum absolute atomic E-state index is 0.0481. The van der Waals surface area contributed by atoms with E-state index in [1.54, 1.807) is 25.3 Å². The summed E-state index contributed by atoms with van der Waals surface area (Å²) in [5, 5.41) is 4.29. The first kappa shape index (κ1) is 25.9. The van der Waals surface area contributed by atoms with Crippen LogP contribution in [0, 0.1) is 17.5 Å². The standard InChI is InChI=1S/C25H21F3N4O4S/c1-3-31-15-19(16-10-12-29-13-11-16)24(30-31)22-20(27)8-9-21(23(22)28)32(25(33)36-4-2)37(34,35)18-7-5-6-17(26)14-18/h5-15H,3-4H2,1-2H3. The maximum Gasteiger partial charge on any atom is 0.428 e. The van der Waals surface area contributed by atoms with Crippen LogP contribution in [0.25, 0.3) is 22.4 Å². The Kier molecular flexibility index (Phi) is 7.30. The van der Waals surface area contributed by atoms with Crippen LogP contribution in [0.15, 0.2) is 72.0 Å². The number of anilines is 1. The number of ether oxygens (including phenoxy) is 1. The second-order valence-corrected chi connectivity index (χ2v) is 9.45. The number of rotatable bonds is 7. The fourth-order valence-electron chi connectivity index (χ4n) is 3.67. The van der Waals surface area contributed by atoms with Crippen molar-refractivity contribution in [1.29, 1.82) is 0 Å². The molecule has 0 atom stereocenters. The number of pyridine rings is 1. The largest absolute Gasteiger partial charge is 0.449 e. The molecular formula is C25H21F3N4O4S. The van der Waals surface area contributed by atoms with Gasteiger partial charge in [0.15, 0.2) is 5.82 Å². The van der Waals surface area contributed by atoms with E-state index in [0.29, 0.717) is 23.7 Å². The molecule has 0 spiro atoms. The normalized spacial score (nSPS) is 11.4. The summed E-state index contributed by atoms with van der Waals surface area (Å²) in [4.78, 5) is 16.1. The molecule has 2 aromatic carbocycles. The predicted molar refractivity (Wildman–Crippen MR) is 130 cm³/mol. The van der Waals surface area contributed by atoms with Gasteiger partial charge in [-0.2, -0.15) is 9.40 Å². The Hall–Kier alpha value is -4.19. The zero-order valence-electron chi connectivity index (χ0n) is 19.7. The van der Waals surface area contributed by atoms with Crippen molar-refractivity contribution in [2.75, 3.05) is 10.9 Å². The molecule has 0 radical (unpaired) electrons. The van der Waals surface area contributed by atoms with Gasteiger partial charge in [0, 0.05) is 30.7 Å². The molecule has 0 N–H and O–H groups in total. The van der Waals surface area contributed by atoms with Crippen LogP contribution in [-0.2, 0) is 21.3 Å². The highest BCUT2D eigenvalue weighted by molar-refractivity contribution is 7.93. The highest BCUT2D eigenvalue weighted by atomic mass is 32.2. The number of hydrogen-bond acceptors (Lipinski definition) is 6. The number of amides is 1. The maximum absolute atomic E-state index is 16.1. The van der Waals surface area contributed by atoms with Crippen molar-refractivity contribution < 1.29 is 31.1 Å². The Morgan fingerprint density at radius 3 is 2.43 bits per heavy atom. The average molecular weight is 531 g/mol. The van der Waals surface area contributed by atoms with Crippen molar-refractivity contribution in [3.63, 3.8) is 0 Å². The van der Waals surface area contributed by atoms with Crippen LogP contribution >= 0.6 is 0 Å². The molecule has 0 saturated carbocycles. The Morgan fingerprint density at radius 1 is 1.05 bits per heavy atom. The second kappa shape index (κ2) is 10.4. The number of halogens is 3. The van der Waals surface area contributed by atoms with E-state index in [4.69, 9.17) is 4.74 Å². The quantitative estimate of drug-likeness (QED) is 0.318. The third-order valence-corrected chi connectivity index (χ3v) is 7.05. The van der Waals surface area contributed by atoms with E-state index in [0.717, 1.165) is 30.3 Å². The Bertz CT molecular complexity index is 1560. The lowest BCUT2D eigenvalue weighted by molar-refractivity contribution is 0.164. The molecule has 2 aromatic heterocycles. The number of hydrogen-bond donors (Lipinski definition) is 0. The van der Waals surface area contributed by atoms with Gasteiger partial charge in [-0.15, -0.1) is 0 Å². The van der Waals surface area contributed by atoms with E-state index in [2.05, 4.69) is 10.1 Å². The van der Waals surface area contributed by atoms with E-state index in [9.17, 15) is 17.6 Å². The fraction of sp³-hybridized carbons (Fsp3) is 0.160. The van der Waals surface area contributed by atoms with E-state index in [1.165, 1.54) is 24.0 Å². The lowest BCUT2D eigenvalue weighted by Gasteiger charge is -2.23. The average Bonchev–Trinajstić information content (AvgIpc) is 3.30. The molecular weight excluding hydrogens is 509 g/mol. The van der Waals surface area contributed by atoms with Gasteiger partial charge in [0.2, 0.25) is 0 Å². The van der Waals surface area contributed by atoms with Gasteiger partial charge in [-0.1, -0.05) is 6.07 Å². The molecule has 4 aromatic rings. The van der Waals surface area contributed by atoms with Crippen molar-refractivity contribution in [2.45, 2.75) is 25.3 Å². The summed E-state index contributed by atoms with van der Waals surface area (Å²) >= 11 is 0. The molecule has 8 nitrogen and oxygen atoms in total. The molecule has 1 amide bonds. The van der Waals surface area contributed by atoms with Gasteiger partial charge in [0.25, 0.3) is 10.0 Å². The molecule has 0 aliphatic rings. The molecule has 0 aliphatic carbocycles. The van der Waals surface area contributed by atoms with Gasteiger partial charge >= 0.3 is 6.09 Å². The van der Waals surface area contributed by atoms with Gasteiger partial charge in [-0.3, -0.25) is 9.67 Å². The lowest BCUT2D eigenvalue weighted by atomic mass is 10.0. The summed E-state index contributed by atoms with van der Waals surface area (Å²) in [7, 11) is -4.87. The van der Waals surface area contributed by atoms with Crippen LogP contribution in [0.3, 0.4) is 0 Å². The van der Waals surface area contributed by atoms with Crippen molar-refractivity contribution in [3.8, 4) is 22.4 Å². The third-order valence-electron chi connectivity index (χ3n) is 5.37. The predicted octanol–water partition coefficient (Wildman–Crippen LogP) is 5.40. The number of sulfonamides is 1. The second-order valence-electron chi connectivity index (χ2n) is 7.66. The fourth-order valence-corrected chi connectivity index (χ4v) is 5.04. The van der Waals surface area contributed by atoms with Crippen LogP contribution in [0.2, 0.25) is 0 Å². The number of carbonyl (C=O) groups excluding carboxylic acids is 1. The van der Waals surface area contributed by atoms with E-state index in [-0.39, 0.29) is 16.6 Å². The first-order valence-corrected chi connectivity index (χ1v) is 12.6. The van der Waals surface area contributed by atoms with Crippen molar-refractivity contribution >= 4 is 21.8 Å². The van der Waals surface area contributed by atoms with Gasteiger partial charge in [0.05, 0.1) is 17.1 Å². The molecule has 37 heavy (non-hydrogen) atoms. The van der Waals surface area contributed by atoms with Gasteiger partial charge < -0.3 is 4.74 Å². The van der Waals surface area contributed by atoms with E-state index in [1.807, 2.05) is 0 Å². The summed E-state index contributed by atoms with van der Waals surface area (Å²) in [5.74, 6) is -3.30. The lowest BCUT2D eigenvalue weighted by Crippen LogP contribution is -2.38. The highest BCUT2D eigenvalue weighted by Gasteiger charge is 2.36. The zero-order valence-corrected chi connectivity index (χ0v) is 20.5. The summed E-state index contributed by atoms with van der Waals surface area (Å²) in [6.45, 7) is 3.35. The molecule has 2 heterocycles. The first-order valence-electron chi connectivity index (χ1n) is 11.1. The Labute approximate surface area is 211 Å². The summed E-state index contributed by atoms with van der Waals surface area (Å²) in [6.07, 6.45) is 3.14. The van der Waals surface area contributed by atoms with Crippen molar-refractivity contribution in [3.05, 3.63) is 84.6 Å². The molecule has 0 aliphatic heterocycles. The molecule has 4 rings (SSSR count). The van der Waals surface area contributed by atoms with E-state index >= 15 is 8.78 Å².